The minimum absolute atomic E-state index is 0.514. The zero-order valence-electron chi connectivity index (χ0n) is 9.21. The standard InChI is InChI=1S/C13H7ClN4/c14-12-5-6-16-13-7-11(17-18(12)13)10-3-1-9(8-15)2-4-10/h1-7H. The fraction of sp³-hybridized carbons (Fsp3) is 0. The van der Waals surface area contributed by atoms with Crippen LogP contribution in [0.4, 0.5) is 0 Å². The number of rotatable bonds is 1. The highest BCUT2D eigenvalue weighted by molar-refractivity contribution is 6.29. The van der Waals surface area contributed by atoms with Gasteiger partial charge in [-0.1, -0.05) is 23.7 Å². The summed E-state index contributed by atoms with van der Waals surface area (Å²) in [7, 11) is 0. The van der Waals surface area contributed by atoms with Crippen LogP contribution in [0.15, 0.2) is 42.6 Å². The Bertz CT molecular complexity index is 753. The van der Waals surface area contributed by atoms with Crippen LogP contribution in [0.5, 0.6) is 0 Å². The van der Waals surface area contributed by atoms with Crippen molar-refractivity contribution in [2.75, 3.05) is 0 Å². The Morgan fingerprint density at radius 1 is 1.17 bits per heavy atom. The smallest absolute Gasteiger partial charge is 0.157 e. The number of fused-ring (bicyclic) bond motifs is 1. The van der Waals surface area contributed by atoms with Crippen molar-refractivity contribution >= 4 is 17.2 Å². The van der Waals surface area contributed by atoms with Crippen molar-refractivity contribution in [2.45, 2.75) is 0 Å². The molecule has 0 saturated heterocycles. The summed E-state index contributed by atoms with van der Waals surface area (Å²) in [6, 6.07) is 12.8. The summed E-state index contributed by atoms with van der Waals surface area (Å²) in [4.78, 5) is 4.19. The number of nitriles is 1. The van der Waals surface area contributed by atoms with E-state index in [1.54, 1.807) is 28.9 Å². The average molecular weight is 255 g/mol. The van der Waals surface area contributed by atoms with Gasteiger partial charge in [0.1, 0.15) is 5.15 Å². The first-order valence-electron chi connectivity index (χ1n) is 5.29. The van der Waals surface area contributed by atoms with E-state index < -0.39 is 0 Å². The van der Waals surface area contributed by atoms with Crippen molar-refractivity contribution in [2.24, 2.45) is 0 Å². The average Bonchev–Trinajstić information content (AvgIpc) is 2.84. The van der Waals surface area contributed by atoms with Crippen LogP contribution in [-0.4, -0.2) is 14.6 Å². The molecule has 0 unspecified atom stereocenters. The SMILES string of the molecule is N#Cc1ccc(-c2cc3nccc(Cl)n3n2)cc1. The van der Waals surface area contributed by atoms with Crippen LogP contribution in [0, 0.1) is 11.3 Å². The first-order chi connectivity index (χ1) is 8.78. The molecule has 0 saturated carbocycles. The highest BCUT2D eigenvalue weighted by atomic mass is 35.5. The lowest BCUT2D eigenvalue weighted by Gasteiger charge is -1.95. The maximum Gasteiger partial charge on any atom is 0.157 e. The molecule has 0 atom stereocenters. The lowest BCUT2D eigenvalue weighted by molar-refractivity contribution is 0.944. The van der Waals surface area contributed by atoms with E-state index >= 15 is 0 Å². The summed E-state index contributed by atoms with van der Waals surface area (Å²) in [5.74, 6) is 0. The number of aromatic nitrogens is 3. The van der Waals surface area contributed by atoms with E-state index in [-0.39, 0.29) is 0 Å². The molecule has 0 aliphatic carbocycles. The van der Waals surface area contributed by atoms with Gasteiger partial charge in [0.05, 0.1) is 17.3 Å². The molecular weight excluding hydrogens is 248 g/mol. The van der Waals surface area contributed by atoms with E-state index in [0.717, 1.165) is 11.3 Å². The Hall–Kier alpha value is -2.38. The Morgan fingerprint density at radius 3 is 2.61 bits per heavy atom. The van der Waals surface area contributed by atoms with Gasteiger partial charge in [0.25, 0.3) is 0 Å². The highest BCUT2D eigenvalue weighted by Crippen LogP contribution is 2.21. The lowest BCUT2D eigenvalue weighted by atomic mass is 10.1. The molecule has 2 aromatic heterocycles. The largest absolute Gasteiger partial charge is 0.237 e. The van der Waals surface area contributed by atoms with Crippen LogP contribution < -0.4 is 0 Å². The molecule has 0 fully saturated rings. The van der Waals surface area contributed by atoms with Gasteiger partial charge in [0.15, 0.2) is 5.65 Å². The second-order valence-corrected chi connectivity index (χ2v) is 4.14. The summed E-state index contributed by atoms with van der Waals surface area (Å²) in [6.45, 7) is 0. The second-order valence-electron chi connectivity index (χ2n) is 3.76. The zero-order valence-corrected chi connectivity index (χ0v) is 9.96. The topological polar surface area (TPSA) is 54.0 Å². The molecule has 1 aromatic carbocycles. The molecule has 0 amide bonds. The van der Waals surface area contributed by atoms with Gasteiger partial charge in [0.2, 0.25) is 0 Å². The van der Waals surface area contributed by atoms with Gasteiger partial charge in [-0.05, 0) is 18.2 Å². The second kappa shape index (κ2) is 4.13. The van der Waals surface area contributed by atoms with Crippen molar-refractivity contribution in [1.29, 1.82) is 5.26 Å². The Labute approximate surface area is 108 Å². The molecule has 0 bridgehead atoms. The van der Waals surface area contributed by atoms with Crippen LogP contribution in [0.3, 0.4) is 0 Å². The Balaban J connectivity index is 2.14. The van der Waals surface area contributed by atoms with E-state index in [0.29, 0.717) is 16.4 Å². The van der Waals surface area contributed by atoms with E-state index in [4.69, 9.17) is 16.9 Å². The van der Waals surface area contributed by atoms with Crippen LogP contribution in [0.1, 0.15) is 5.56 Å². The number of nitrogens with zero attached hydrogens (tertiary/aromatic N) is 4. The molecule has 3 rings (SSSR count). The number of hydrogen-bond donors (Lipinski definition) is 0. The number of halogens is 1. The van der Waals surface area contributed by atoms with Crippen molar-refractivity contribution in [3.63, 3.8) is 0 Å². The van der Waals surface area contributed by atoms with Gasteiger partial charge in [-0.15, -0.1) is 0 Å². The van der Waals surface area contributed by atoms with Crippen LogP contribution in [0.25, 0.3) is 16.9 Å². The van der Waals surface area contributed by atoms with Gasteiger partial charge < -0.3 is 0 Å². The first-order valence-corrected chi connectivity index (χ1v) is 5.66. The zero-order chi connectivity index (χ0) is 12.5. The third kappa shape index (κ3) is 1.71. The van der Waals surface area contributed by atoms with Crippen LogP contribution >= 0.6 is 11.6 Å². The fourth-order valence-corrected chi connectivity index (χ4v) is 1.90. The minimum atomic E-state index is 0.514. The van der Waals surface area contributed by atoms with E-state index in [2.05, 4.69) is 16.2 Å². The maximum absolute atomic E-state index is 8.75. The third-order valence-electron chi connectivity index (χ3n) is 2.62. The molecule has 0 aliphatic rings. The van der Waals surface area contributed by atoms with Crippen molar-refractivity contribution in [1.82, 2.24) is 14.6 Å². The van der Waals surface area contributed by atoms with Gasteiger partial charge in [-0.2, -0.15) is 10.4 Å². The normalized spacial score (nSPS) is 10.4. The number of hydrogen-bond acceptors (Lipinski definition) is 3. The lowest BCUT2D eigenvalue weighted by Crippen LogP contribution is -1.90. The minimum Gasteiger partial charge on any atom is -0.237 e. The van der Waals surface area contributed by atoms with Gasteiger partial charge in [-0.3, -0.25) is 0 Å². The quantitative estimate of drug-likeness (QED) is 0.628. The van der Waals surface area contributed by atoms with E-state index in [1.165, 1.54) is 0 Å². The fourth-order valence-electron chi connectivity index (χ4n) is 1.72. The molecule has 2 heterocycles. The van der Waals surface area contributed by atoms with Gasteiger partial charge >= 0.3 is 0 Å². The summed E-state index contributed by atoms with van der Waals surface area (Å²) in [5, 5.41) is 13.6. The van der Waals surface area contributed by atoms with Gasteiger partial charge in [0, 0.05) is 17.8 Å². The van der Waals surface area contributed by atoms with Crippen LogP contribution in [0.2, 0.25) is 5.15 Å². The van der Waals surface area contributed by atoms with Crippen molar-refractivity contribution < 1.29 is 0 Å². The molecule has 86 valence electrons. The van der Waals surface area contributed by atoms with Gasteiger partial charge in [-0.25, -0.2) is 9.50 Å². The van der Waals surface area contributed by atoms with Crippen LogP contribution in [-0.2, 0) is 0 Å². The molecule has 18 heavy (non-hydrogen) atoms. The van der Waals surface area contributed by atoms with E-state index in [1.807, 2.05) is 18.2 Å². The molecule has 0 aliphatic heterocycles. The molecule has 0 N–H and O–H groups in total. The molecule has 3 aromatic rings. The molecular formula is C13H7ClN4. The summed E-state index contributed by atoms with van der Waals surface area (Å²) >= 11 is 6.02. The summed E-state index contributed by atoms with van der Waals surface area (Å²) in [5.41, 5.74) is 3.02. The maximum atomic E-state index is 8.75. The van der Waals surface area contributed by atoms with E-state index in [9.17, 15) is 0 Å². The monoisotopic (exact) mass is 254 g/mol. The number of benzene rings is 1. The predicted octanol–water partition coefficient (Wildman–Crippen LogP) is 2.92. The molecule has 0 spiro atoms. The highest BCUT2D eigenvalue weighted by Gasteiger charge is 2.07. The Morgan fingerprint density at radius 2 is 1.94 bits per heavy atom. The Kier molecular flexibility index (Phi) is 2.47. The summed E-state index contributed by atoms with van der Waals surface area (Å²) in [6.07, 6.45) is 1.64. The summed E-state index contributed by atoms with van der Waals surface area (Å²) < 4.78 is 1.58. The first kappa shape index (κ1) is 10.8. The predicted molar refractivity (Wildman–Crippen MR) is 68.1 cm³/mol. The molecule has 5 heteroatoms. The van der Waals surface area contributed by atoms with Crippen molar-refractivity contribution in [3.05, 3.63) is 53.3 Å². The molecule has 0 radical (unpaired) electrons. The third-order valence-corrected chi connectivity index (χ3v) is 2.91. The molecule has 4 nitrogen and oxygen atoms in total. The van der Waals surface area contributed by atoms with Crippen molar-refractivity contribution in [3.8, 4) is 17.3 Å².